The normalized spacial score (nSPS) is 20.9. The fourth-order valence-electron chi connectivity index (χ4n) is 2.16. The van der Waals surface area contributed by atoms with E-state index < -0.39 is 10.2 Å². The summed E-state index contributed by atoms with van der Waals surface area (Å²) in [5, 5.41) is 9.06. The Labute approximate surface area is 111 Å². The van der Waals surface area contributed by atoms with Gasteiger partial charge >= 0.3 is 0 Å². The largest absolute Gasteiger partial charge is 0.396 e. The second-order valence-corrected chi connectivity index (χ2v) is 7.72. The Morgan fingerprint density at radius 3 is 2.22 bits per heavy atom. The van der Waals surface area contributed by atoms with Gasteiger partial charge in [0.2, 0.25) is 0 Å². The second kappa shape index (κ2) is 6.32. The molecule has 1 fully saturated rings. The lowest BCUT2D eigenvalue weighted by atomic mass is 9.86. The van der Waals surface area contributed by atoms with Crippen LogP contribution < -0.4 is 4.72 Å². The van der Waals surface area contributed by atoms with Crippen LogP contribution in [0.1, 0.15) is 46.5 Å². The molecule has 1 aliphatic heterocycles. The zero-order chi connectivity index (χ0) is 13.8. The van der Waals surface area contributed by atoms with E-state index >= 15 is 0 Å². The summed E-state index contributed by atoms with van der Waals surface area (Å²) >= 11 is 0. The molecule has 108 valence electrons. The summed E-state index contributed by atoms with van der Waals surface area (Å²) in [6, 6.07) is -0.241. The van der Waals surface area contributed by atoms with Gasteiger partial charge in [0.25, 0.3) is 10.2 Å². The van der Waals surface area contributed by atoms with Crippen LogP contribution in [0.25, 0.3) is 0 Å². The van der Waals surface area contributed by atoms with Gasteiger partial charge in [-0.2, -0.15) is 17.4 Å². The van der Waals surface area contributed by atoms with Gasteiger partial charge in [-0.1, -0.05) is 27.2 Å². The molecule has 6 heteroatoms. The van der Waals surface area contributed by atoms with Crippen LogP contribution in [-0.2, 0) is 10.2 Å². The zero-order valence-corrected chi connectivity index (χ0v) is 12.5. The molecule has 0 saturated carbocycles. The minimum atomic E-state index is -3.42. The first-order valence-corrected chi connectivity index (χ1v) is 8.09. The van der Waals surface area contributed by atoms with Gasteiger partial charge < -0.3 is 5.11 Å². The van der Waals surface area contributed by atoms with E-state index in [4.69, 9.17) is 5.11 Å². The molecule has 0 bridgehead atoms. The third kappa shape index (κ3) is 4.50. The van der Waals surface area contributed by atoms with Crippen LogP contribution in [0.3, 0.4) is 0 Å². The Balaban J connectivity index is 2.72. The monoisotopic (exact) mass is 278 g/mol. The Hall–Kier alpha value is -0.170. The van der Waals surface area contributed by atoms with Crippen molar-refractivity contribution >= 4 is 10.2 Å². The molecule has 1 atom stereocenters. The van der Waals surface area contributed by atoms with E-state index in [0.717, 1.165) is 19.3 Å². The number of piperidine rings is 1. The topological polar surface area (TPSA) is 69.6 Å². The number of aliphatic hydroxyl groups is 1. The Morgan fingerprint density at radius 1 is 1.22 bits per heavy atom. The first-order valence-electron chi connectivity index (χ1n) is 6.65. The highest BCUT2D eigenvalue weighted by Gasteiger charge is 2.32. The summed E-state index contributed by atoms with van der Waals surface area (Å²) in [5.41, 5.74) is -0.203. The van der Waals surface area contributed by atoms with Gasteiger partial charge in [-0.15, -0.1) is 0 Å². The van der Waals surface area contributed by atoms with E-state index in [0.29, 0.717) is 19.5 Å². The third-order valence-corrected chi connectivity index (χ3v) is 5.04. The summed E-state index contributed by atoms with van der Waals surface area (Å²) in [4.78, 5) is 0. The lowest BCUT2D eigenvalue weighted by Gasteiger charge is -2.34. The van der Waals surface area contributed by atoms with Gasteiger partial charge in [0.05, 0.1) is 0 Å². The van der Waals surface area contributed by atoms with E-state index in [2.05, 4.69) is 4.72 Å². The zero-order valence-electron chi connectivity index (χ0n) is 11.6. The lowest BCUT2D eigenvalue weighted by Crippen LogP contribution is -2.51. The maximum atomic E-state index is 12.3. The molecule has 0 amide bonds. The summed E-state index contributed by atoms with van der Waals surface area (Å²) < 4.78 is 28.8. The van der Waals surface area contributed by atoms with Crippen LogP contribution >= 0.6 is 0 Å². The molecule has 1 unspecified atom stereocenters. The van der Waals surface area contributed by atoms with Gasteiger partial charge in [0.1, 0.15) is 0 Å². The highest BCUT2D eigenvalue weighted by Crippen LogP contribution is 2.23. The van der Waals surface area contributed by atoms with Crippen LogP contribution in [0, 0.1) is 5.41 Å². The third-order valence-electron chi connectivity index (χ3n) is 3.41. The molecule has 0 aliphatic carbocycles. The SMILES string of the molecule is CC(C)(C)C(CCO)NS(=O)(=O)N1CCCCC1. The maximum Gasteiger partial charge on any atom is 0.279 e. The molecule has 1 rings (SSSR count). The fourth-order valence-corrected chi connectivity index (χ4v) is 3.88. The smallest absolute Gasteiger partial charge is 0.279 e. The molecule has 5 nitrogen and oxygen atoms in total. The van der Waals surface area contributed by atoms with Gasteiger partial charge in [-0.25, -0.2) is 0 Å². The minimum Gasteiger partial charge on any atom is -0.396 e. The lowest BCUT2D eigenvalue weighted by molar-refractivity contribution is 0.211. The standard InChI is InChI=1S/C12H26N2O3S/c1-12(2,3)11(7-10-15)13-18(16,17)14-8-5-4-6-9-14/h11,13,15H,4-10H2,1-3H3. The maximum absolute atomic E-state index is 12.3. The number of aliphatic hydroxyl groups excluding tert-OH is 1. The van der Waals surface area contributed by atoms with Crippen LogP contribution in [-0.4, -0.2) is 43.6 Å². The molecular formula is C12H26N2O3S. The average Bonchev–Trinajstić information content (AvgIpc) is 2.28. The van der Waals surface area contributed by atoms with Crippen molar-refractivity contribution in [2.45, 2.75) is 52.5 Å². The first-order chi connectivity index (χ1) is 8.27. The van der Waals surface area contributed by atoms with Gasteiger partial charge in [-0.3, -0.25) is 0 Å². The molecule has 1 saturated heterocycles. The predicted octanol–water partition coefficient (Wildman–Crippen LogP) is 1.10. The van der Waals surface area contributed by atoms with Crippen molar-refractivity contribution in [3.8, 4) is 0 Å². The molecule has 2 N–H and O–H groups in total. The van der Waals surface area contributed by atoms with Gasteiger partial charge in [0, 0.05) is 25.7 Å². The number of rotatable bonds is 5. The van der Waals surface area contributed by atoms with Crippen molar-refractivity contribution < 1.29 is 13.5 Å². The van der Waals surface area contributed by atoms with Crippen molar-refractivity contribution in [3.05, 3.63) is 0 Å². The Morgan fingerprint density at radius 2 is 1.78 bits per heavy atom. The molecule has 1 aliphatic rings. The van der Waals surface area contributed by atoms with Crippen molar-refractivity contribution in [3.63, 3.8) is 0 Å². The Kier molecular flexibility index (Phi) is 5.58. The van der Waals surface area contributed by atoms with E-state index in [1.54, 1.807) is 0 Å². The molecule has 18 heavy (non-hydrogen) atoms. The molecule has 0 spiro atoms. The summed E-state index contributed by atoms with van der Waals surface area (Å²) in [5.74, 6) is 0. The highest BCUT2D eigenvalue weighted by molar-refractivity contribution is 7.87. The number of nitrogens with zero attached hydrogens (tertiary/aromatic N) is 1. The fraction of sp³-hybridized carbons (Fsp3) is 1.00. The summed E-state index contributed by atoms with van der Waals surface area (Å²) in [7, 11) is -3.42. The predicted molar refractivity (Wildman–Crippen MR) is 72.4 cm³/mol. The van der Waals surface area contributed by atoms with E-state index in [9.17, 15) is 8.42 Å². The van der Waals surface area contributed by atoms with E-state index in [-0.39, 0.29) is 18.1 Å². The van der Waals surface area contributed by atoms with Crippen LogP contribution in [0.15, 0.2) is 0 Å². The second-order valence-electron chi connectivity index (χ2n) is 6.01. The number of nitrogens with one attached hydrogen (secondary N) is 1. The number of hydrogen-bond donors (Lipinski definition) is 2. The van der Waals surface area contributed by atoms with Crippen LogP contribution in [0.4, 0.5) is 0 Å². The quantitative estimate of drug-likeness (QED) is 0.791. The average molecular weight is 278 g/mol. The van der Waals surface area contributed by atoms with E-state index in [1.165, 1.54) is 4.31 Å². The minimum absolute atomic E-state index is 0.00947. The summed E-state index contributed by atoms with van der Waals surface area (Å²) in [6.45, 7) is 7.13. The van der Waals surface area contributed by atoms with Gasteiger partial charge in [-0.05, 0) is 24.7 Å². The summed E-state index contributed by atoms with van der Waals surface area (Å²) in [6.07, 6.45) is 3.41. The number of hydrogen-bond acceptors (Lipinski definition) is 3. The molecular weight excluding hydrogens is 252 g/mol. The molecule has 0 aromatic heterocycles. The van der Waals surface area contributed by atoms with Gasteiger partial charge in [0.15, 0.2) is 0 Å². The van der Waals surface area contributed by atoms with Crippen LogP contribution in [0.2, 0.25) is 0 Å². The first kappa shape index (κ1) is 15.9. The molecule has 0 aromatic carbocycles. The van der Waals surface area contributed by atoms with Crippen molar-refractivity contribution in [1.29, 1.82) is 0 Å². The van der Waals surface area contributed by atoms with E-state index in [1.807, 2.05) is 20.8 Å². The molecule has 0 aromatic rings. The van der Waals surface area contributed by atoms with Crippen molar-refractivity contribution in [1.82, 2.24) is 9.03 Å². The van der Waals surface area contributed by atoms with Crippen LogP contribution in [0.5, 0.6) is 0 Å². The van der Waals surface area contributed by atoms with Crippen molar-refractivity contribution in [2.24, 2.45) is 5.41 Å². The Bertz CT molecular complexity index is 343. The van der Waals surface area contributed by atoms with Crippen molar-refractivity contribution in [2.75, 3.05) is 19.7 Å². The molecule has 1 heterocycles. The highest BCUT2D eigenvalue weighted by atomic mass is 32.2. The molecule has 0 radical (unpaired) electrons.